The van der Waals surface area contributed by atoms with Crippen LogP contribution in [0.4, 0.5) is 0 Å². The summed E-state index contributed by atoms with van der Waals surface area (Å²) in [5.41, 5.74) is 7.87. The summed E-state index contributed by atoms with van der Waals surface area (Å²) in [6, 6.07) is 28.2. The molecule has 0 fully saturated rings. The fourth-order valence-corrected chi connectivity index (χ4v) is 4.99. The van der Waals surface area contributed by atoms with Crippen LogP contribution in [0.15, 0.2) is 89.9 Å². The Bertz CT molecular complexity index is 1730. The van der Waals surface area contributed by atoms with Gasteiger partial charge in [0.15, 0.2) is 0 Å². The molecule has 1 N–H and O–H groups in total. The second-order valence-electron chi connectivity index (χ2n) is 9.18. The highest BCUT2D eigenvalue weighted by molar-refractivity contribution is 6.22. The minimum absolute atomic E-state index is 0.787. The molecule has 194 valence electrons. The summed E-state index contributed by atoms with van der Waals surface area (Å²) in [6.45, 7) is 0. The molecule has 39 heavy (non-hydrogen) atoms. The zero-order valence-corrected chi connectivity index (χ0v) is 22.2. The van der Waals surface area contributed by atoms with Crippen molar-refractivity contribution in [2.45, 2.75) is 0 Å². The van der Waals surface area contributed by atoms with Crippen molar-refractivity contribution >= 4 is 28.3 Å². The minimum Gasteiger partial charge on any atom is -0.497 e. The number of fused-ring (bicyclic) bond motifs is 2. The van der Waals surface area contributed by atoms with Crippen molar-refractivity contribution in [1.29, 1.82) is 0 Å². The Morgan fingerprint density at radius 2 is 1.13 bits per heavy atom. The second kappa shape index (κ2) is 10.1. The first-order valence-electron chi connectivity index (χ1n) is 12.6. The van der Waals surface area contributed by atoms with Crippen LogP contribution in [0.3, 0.4) is 0 Å². The minimum atomic E-state index is 0.787. The molecule has 0 amide bonds. The average Bonchev–Trinajstić information content (AvgIpc) is 3.54. The molecule has 6 rings (SSSR count). The van der Waals surface area contributed by atoms with Crippen LogP contribution in [0.1, 0.15) is 22.4 Å². The van der Waals surface area contributed by atoms with Crippen LogP contribution in [0.2, 0.25) is 0 Å². The summed E-state index contributed by atoms with van der Waals surface area (Å²) in [5, 5.41) is 2.15. The summed E-state index contributed by atoms with van der Waals surface area (Å²) in [7, 11) is 6.70. The lowest BCUT2D eigenvalue weighted by Gasteiger charge is -2.07. The lowest BCUT2D eigenvalue weighted by atomic mass is 9.98. The molecule has 0 atom stereocenters. The molecule has 6 heteroatoms. The largest absolute Gasteiger partial charge is 0.497 e. The van der Waals surface area contributed by atoms with Crippen LogP contribution in [-0.2, 0) is 0 Å². The van der Waals surface area contributed by atoms with E-state index in [4.69, 9.17) is 23.9 Å². The first kappa shape index (κ1) is 24.4. The van der Waals surface area contributed by atoms with Gasteiger partial charge in [0.25, 0.3) is 0 Å². The van der Waals surface area contributed by atoms with Crippen molar-refractivity contribution in [1.82, 2.24) is 4.98 Å². The number of hydrogen-bond donors (Lipinski definition) is 1. The molecular formula is C33H28N2O4. The molecule has 2 heterocycles. The fraction of sp³-hybridized carbons (Fsp3) is 0.121. The lowest BCUT2D eigenvalue weighted by molar-refractivity contribution is 0.414. The second-order valence-corrected chi connectivity index (χ2v) is 9.18. The Kier molecular flexibility index (Phi) is 6.29. The molecule has 0 bridgehead atoms. The van der Waals surface area contributed by atoms with E-state index < -0.39 is 0 Å². The third kappa shape index (κ3) is 4.40. The fourth-order valence-electron chi connectivity index (χ4n) is 4.99. The van der Waals surface area contributed by atoms with Crippen molar-refractivity contribution < 1.29 is 18.9 Å². The van der Waals surface area contributed by atoms with Crippen molar-refractivity contribution in [3.05, 3.63) is 107 Å². The Morgan fingerprint density at radius 3 is 1.77 bits per heavy atom. The third-order valence-electron chi connectivity index (χ3n) is 7.06. The SMILES string of the molecule is COc1ccc(C2=NC(=Cc3[nH]c(-c4ccc(OC)cc4)c4cc(OC)ccc34)c3ccc(OC)cc32)cc1. The highest BCUT2D eigenvalue weighted by atomic mass is 16.5. The zero-order valence-electron chi connectivity index (χ0n) is 22.2. The zero-order chi connectivity index (χ0) is 26.9. The monoisotopic (exact) mass is 516 g/mol. The molecule has 5 aromatic rings. The maximum atomic E-state index is 5.55. The van der Waals surface area contributed by atoms with E-state index in [1.807, 2.05) is 54.6 Å². The Hall–Kier alpha value is -4.97. The van der Waals surface area contributed by atoms with Crippen LogP contribution in [0, 0.1) is 0 Å². The lowest BCUT2D eigenvalue weighted by Crippen LogP contribution is -2.01. The number of nitrogens with zero attached hydrogens (tertiary/aromatic N) is 1. The highest BCUT2D eigenvalue weighted by Crippen LogP contribution is 2.39. The van der Waals surface area contributed by atoms with Crippen LogP contribution in [0.5, 0.6) is 23.0 Å². The van der Waals surface area contributed by atoms with E-state index in [1.54, 1.807) is 28.4 Å². The number of rotatable bonds is 7. The number of aliphatic imine (C=N–C) groups is 1. The number of ether oxygens (including phenoxy) is 4. The number of benzene rings is 4. The summed E-state index contributed by atoms with van der Waals surface area (Å²) in [5.74, 6) is 3.20. The molecule has 1 aliphatic heterocycles. The topological polar surface area (TPSA) is 65.1 Å². The first-order chi connectivity index (χ1) is 19.1. The number of methoxy groups -OCH3 is 4. The predicted molar refractivity (Wildman–Crippen MR) is 156 cm³/mol. The quantitative estimate of drug-likeness (QED) is 0.248. The van der Waals surface area contributed by atoms with Gasteiger partial charge in [-0.1, -0.05) is 0 Å². The van der Waals surface area contributed by atoms with E-state index in [0.717, 1.165) is 78.8 Å². The summed E-state index contributed by atoms with van der Waals surface area (Å²) in [4.78, 5) is 8.78. The van der Waals surface area contributed by atoms with E-state index in [1.165, 1.54) is 0 Å². The molecule has 0 spiro atoms. The van der Waals surface area contributed by atoms with Gasteiger partial charge >= 0.3 is 0 Å². The molecule has 0 radical (unpaired) electrons. The number of H-pyrrole nitrogens is 1. The van der Waals surface area contributed by atoms with Crippen LogP contribution >= 0.6 is 0 Å². The van der Waals surface area contributed by atoms with Gasteiger partial charge in [-0.25, -0.2) is 4.99 Å². The van der Waals surface area contributed by atoms with Gasteiger partial charge < -0.3 is 23.9 Å². The molecule has 4 aromatic carbocycles. The molecule has 6 nitrogen and oxygen atoms in total. The number of aromatic amines is 1. The van der Waals surface area contributed by atoms with Crippen molar-refractivity contribution in [3.8, 4) is 34.3 Å². The summed E-state index contributed by atoms with van der Waals surface area (Å²) in [6.07, 6.45) is 2.11. The Balaban J connectivity index is 1.52. The number of nitrogens with one attached hydrogen (secondary N) is 1. The molecular weight excluding hydrogens is 488 g/mol. The van der Waals surface area contributed by atoms with Crippen molar-refractivity contribution in [3.63, 3.8) is 0 Å². The van der Waals surface area contributed by atoms with Gasteiger partial charge in [-0.05, 0) is 96.6 Å². The predicted octanol–water partition coefficient (Wildman–Crippen LogP) is 7.22. The molecule has 0 saturated carbocycles. The van der Waals surface area contributed by atoms with Gasteiger partial charge in [0.2, 0.25) is 0 Å². The normalized spacial score (nSPS) is 13.3. The summed E-state index contributed by atoms with van der Waals surface area (Å²) >= 11 is 0. The molecule has 1 aromatic heterocycles. The van der Waals surface area contributed by atoms with Crippen molar-refractivity contribution in [2.75, 3.05) is 28.4 Å². The van der Waals surface area contributed by atoms with E-state index in [2.05, 4.69) is 41.4 Å². The molecule has 1 aliphatic rings. The smallest absolute Gasteiger partial charge is 0.119 e. The van der Waals surface area contributed by atoms with Crippen LogP contribution < -0.4 is 18.9 Å². The van der Waals surface area contributed by atoms with Gasteiger partial charge in [0.1, 0.15) is 23.0 Å². The maximum Gasteiger partial charge on any atom is 0.119 e. The van der Waals surface area contributed by atoms with Gasteiger partial charge in [0.05, 0.1) is 45.5 Å². The van der Waals surface area contributed by atoms with Crippen LogP contribution in [0.25, 0.3) is 33.8 Å². The summed E-state index contributed by atoms with van der Waals surface area (Å²) < 4.78 is 21.8. The maximum absolute atomic E-state index is 5.55. The number of hydrogen-bond acceptors (Lipinski definition) is 5. The van der Waals surface area contributed by atoms with E-state index in [-0.39, 0.29) is 0 Å². The van der Waals surface area contributed by atoms with Gasteiger partial charge in [-0.2, -0.15) is 0 Å². The Labute approximate surface area is 227 Å². The standard InChI is InChI=1S/C33H28N2O4/c1-36-22-9-5-20(6-10-22)32-28-17-24(38-3)13-15-26(28)30(34-32)19-31-27-16-14-25(39-4)18-29(27)33(35-31)21-7-11-23(37-2)12-8-21/h5-19,34H,1-4H3. The third-order valence-corrected chi connectivity index (χ3v) is 7.06. The molecule has 0 unspecified atom stereocenters. The Morgan fingerprint density at radius 1 is 0.564 bits per heavy atom. The average molecular weight is 517 g/mol. The highest BCUT2D eigenvalue weighted by Gasteiger charge is 2.23. The van der Waals surface area contributed by atoms with E-state index in [9.17, 15) is 0 Å². The van der Waals surface area contributed by atoms with Gasteiger partial charge in [0, 0.05) is 33.2 Å². The van der Waals surface area contributed by atoms with Crippen LogP contribution in [-0.4, -0.2) is 39.1 Å². The van der Waals surface area contributed by atoms with Crippen molar-refractivity contribution in [2.24, 2.45) is 4.99 Å². The first-order valence-corrected chi connectivity index (χ1v) is 12.6. The van der Waals surface area contributed by atoms with Gasteiger partial charge in [-0.3, -0.25) is 0 Å². The van der Waals surface area contributed by atoms with E-state index >= 15 is 0 Å². The molecule has 0 aliphatic carbocycles. The van der Waals surface area contributed by atoms with Gasteiger partial charge in [-0.15, -0.1) is 0 Å². The number of aromatic nitrogens is 1. The molecule has 0 saturated heterocycles. The van der Waals surface area contributed by atoms with E-state index in [0.29, 0.717) is 0 Å².